The average Bonchev–Trinajstić information content (AvgIpc) is 2.56. The van der Waals surface area contributed by atoms with Crippen molar-refractivity contribution in [1.82, 2.24) is 0 Å². The molecule has 0 bridgehead atoms. The van der Waals surface area contributed by atoms with Gasteiger partial charge >= 0.3 is 0 Å². The maximum atomic E-state index is 5.89. The van der Waals surface area contributed by atoms with E-state index < -0.39 is 0 Å². The maximum Gasteiger partial charge on any atom is 0.0378 e. The molecule has 2 aromatic rings. The van der Waals surface area contributed by atoms with Crippen molar-refractivity contribution in [2.75, 3.05) is 0 Å². The van der Waals surface area contributed by atoms with Crippen LogP contribution in [0.1, 0.15) is 35.4 Å². The van der Waals surface area contributed by atoms with E-state index in [2.05, 4.69) is 39.8 Å². The van der Waals surface area contributed by atoms with E-state index in [0.717, 1.165) is 6.42 Å². The minimum absolute atomic E-state index is 0.667. The van der Waals surface area contributed by atoms with Crippen molar-refractivity contribution < 1.29 is 0 Å². The van der Waals surface area contributed by atoms with E-state index in [1.54, 1.807) is 0 Å². The number of nitrogens with two attached hydrogens (primary N) is 1. The Kier molecular flexibility index (Phi) is 3.55. The van der Waals surface area contributed by atoms with Gasteiger partial charge in [0.1, 0.15) is 0 Å². The summed E-state index contributed by atoms with van der Waals surface area (Å²) in [6.45, 7) is 9.58. The van der Waals surface area contributed by atoms with Crippen LogP contribution >= 0.6 is 11.3 Å². The summed E-state index contributed by atoms with van der Waals surface area (Å²) in [6.07, 6.45) is 1.13. The normalized spacial score (nSPS) is 11.6. The molecule has 0 aliphatic rings. The van der Waals surface area contributed by atoms with Crippen LogP contribution in [0, 0.1) is 19.8 Å². The third-order valence-corrected chi connectivity index (χ3v) is 4.51. The molecule has 1 nitrogen and oxygen atoms in total. The van der Waals surface area contributed by atoms with Gasteiger partial charge in [-0.3, -0.25) is 0 Å². The molecule has 0 fully saturated rings. The van der Waals surface area contributed by atoms with E-state index in [-0.39, 0.29) is 0 Å². The summed E-state index contributed by atoms with van der Waals surface area (Å²) < 4.78 is 1.42. The van der Waals surface area contributed by atoms with Gasteiger partial charge < -0.3 is 5.73 Å². The first kappa shape index (κ1) is 12.6. The van der Waals surface area contributed by atoms with Gasteiger partial charge in [0.2, 0.25) is 0 Å². The summed E-state index contributed by atoms with van der Waals surface area (Å²) in [7, 11) is 0. The number of hydrogen-bond donors (Lipinski definition) is 1. The Morgan fingerprint density at radius 3 is 2.53 bits per heavy atom. The van der Waals surface area contributed by atoms with Crippen LogP contribution in [0.5, 0.6) is 0 Å². The number of aryl methyl sites for hydroxylation is 2. The topological polar surface area (TPSA) is 26.0 Å². The van der Waals surface area contributed by atoms with E-state index in [0.29, 0.717) is 12.5 Å². The van der Waals surface area contributed by atoms with E-state index >= 15 is 0 Å². The van der Waals surface area contributed by atoms with Crippen LogP contribution in [0.4, 0.5) is 0 Å². The molecule has 0 atom stereocenters. The molecule has 2 heteroatoms. The van der Waals surface area contributed by atoms with Crippen molar-refractivity contribution in [1.29, 1.82) is 0 Å². The number of rotatable bonds is 3. The number of fused-ring (bicyclic) bond motifs is 1. The third-order valence-electron chi connectivity index (χ3n) is 3.10. The molecule has 1 aromatic carbocycles. The highest BCUT2D eigenvalue weighted by Crippen LogP contribution is 2.35. The van der Waals surface area contributed by atoms with E-state index in [4.69, 9.17) is 5.73 Å². The predicted molar refractivity (Wildman–Crippen MR) is 77.7 cm³/mol. The highest BCUT2D eigenvalue weighted by atomic mass is 32.1. The van der Waals surface area contributed by atoms with Gasteiger partial charge in [-0.05, 0) is 42.7 Å². The van der Waals surface area contributed by atoms with Crippen molar-refractivity contribution in [3.63, 3.8) is 0 Å². The number of benzene rings is 1. The van der Waals surface area contributed by atoms with Crippen LogP contribution in [0.25, 0.3) is 10.1 Å². The molecule has 1 aromatic heterocycles. The molecule has 0 aliphatic heterocycles. The summed E-state index contributed by atoms with van der Waals surface area (Å²) in [6, 6.07) is 4.58. The average molecular weight is 247 g/mol. The second-order valence-corrected chi connectivity index (χ2v) is 6.37. The summed E-state index contributed by atoms with van der Waals surface area (Å²) in [5.41, 5.74) is 10.1. The zero-order valence-electron chi connectivity index (χ0n) is 11.1. The van der Waals surface area contributed by atoms with Gasteiger partial charge in [-0.1, -0.05) is 31.5 Å². The molecular formula is C15H21NS. The Labute approximate surface area is 108 Å². The highest BCUT2D eigenvalue weighted by molar-refractivity contribution is 7.19. The molecule has 2 rings (SSSR count). The lowest BCUT2D eigenvalue weighted by molar-refractivity contribution is 0.647. The van der Waals surface area contributed by atoms with Crippen molar-refractivity contribution >= 4 is 21.4 Å². The minimum Gasteiger partial charge on any atom is -0.326 e. The molecule has 0 unspecified atom stereocenters. The highest BCUT2D eigenvalue weighted by Gasteiger charge is 2.14. The van der Waals surface area contributed by atoms with E-state index in [1.165, 1.54) is 31.7 Å². The molecule has 1 heterocycles. The van der Waals surface area contributed by atoms with Gasteiger partial charge in [0, 0.05) is 16.1 Å². The van der Waals surface area contributed by atoms with Gasteiger partial charge in [-0.15, -0.1) is 11.3 Å². The fourth-order valence-corrected chi connectivity index (χ4v) is 3.60. The summed E-state index contributed by atoms with van der Waals surface area (Å²) in [5.74, 6) is 0.680. The second-order valence-electron chi connectivity index (χ2n) is 5.26. The van der Waals surface area contributed by atoms with Crippen LogP contribution in [0.3, 0.4) is 0 Å². The van der Waals surface area contributed by atoms with Crippen molar-refractivity contribution in [2.24, 2.45) is 11.7 Å². The summed E-state index contributed by atoms with van der Waals surface area (Å²) in [4.78, 5) is 1.36. The zero-order valence-corrected chi connectivity index (χ0v) is 11.9. The minimum atomic E-state index is 0.667. The van der Waals surface area contributed by atoms with Crippen molar-refractivity contribution in [2.45, 2.75) is 40.7 Å². The fourth-order valence-electron chi connectivity index (χ4n) is 2.45. The summed E-state index contributed by atoms with van der Waals surface area (Å²) in [5, 5.41) is 1.43. The Balaban J connectivity index is 2.69. The lowest BCUT2D eigenvalue weighted by Crippen LogP contribution is -2.01. The lowest BCUT2D eigenvalue weighted by Gasteiger charge is -2.07. The molecule has 0 spiro atoms. The number of hydrogen-bond acceptors (Lipinski definition) is 2. The molecular weight excluding hydrogens is 226 g/mol. The largest absolute Gasteiger partial charge is 0.326 e. The van der Waals surface area contributed by atoms with Crippen LogP contribution in [-0.2, 0) is 13.0 Å². The maximum absolute atomic E-state index is 5.89. The quantitative estimate of drug-likeness (QED) is 0.865. The predicted octanol–water partition coefficient (Wildman–Crippen LogP) is 4.18. The molecule has 2 N–H and O–H groups in total. The molecule has 92 valence electrons. The molecule has 0 saturated heterocycles. The second kappa shape index (κ2) is 4.79. The van der Waals surface area contributed by atoms with Crippen LogP contribution in [0.15, 0.2) is 12.1 Å². The Bertz CT molecular complexity index is 537. The van der Waals surface area contributed by atoms with Crippen LogP contribution in [-0.4, -0.2) is 0 Å². The summed E-state index contributed by atoms with van der Waals surface area (Å²) >= 11 is 1.88. The first-order valence-electron chi connectivity index (χ1n) is 6.24. The van der Waals surface area contributed by atoms with Gasteiger partial charge in [-0.25, -0.2) is 0 Å². The van der Waals surface area contributed by atoms with Gasteiger partial charge in [0.05, 0.1) is 0 Å². The van der Waals surface area contributed by atoms with Crippen LogP contribution < -0.4 is 5.73 Å². The molecule has 0 saturated carbocycles. The lowest BCUT2D eigenvalue weighted by atomic mass is 9.98. The first-order chi connectivity index (χ1) is 8.02. The molecule has 0 radical (unpaired) electrons. The van der Waals surface area contributed by atoms with Crippen molar-refractivity contribution in [3.8, 4) is 0 Å². The first-order valence-corrected chi connectivity index (χ1v) is 7.06. The van der Waals surface area contributed by atoms with Gasteiger partial charge in [-0.2, -0.15) is 0 Å². The molecule has 0 aliphatic carbocycles. The smallest absolute Gasteiger partial charge is 0.0378 e. The van der Waals surface area contributed by atoms with E-state index in [1.807, 2.05) is 11.3 Å². The molecule has 17 heavy (non-hydrogen) atoms. The van der Waals surface area contributed by atoms with Gasteiger partial charge in [0.25, 0.3) is 0 Å². The van der Waals surface area contributed by atoms with Crippen molar-refractivity contribution in [3.05, 3.63) is 33.7 Å². The van der Waals surface area contributed by atoms with Crippen LogP contribution in [0.2, 0.25) is 0 Å². The third kappa shape index (κ3) is 2.38. The molecule has 0 amide bonds. The zero-order chi connectivity index (χ0) is 12.6. The van der Waals surface area contributed by atoms with Gasteiger partial charge in [0.15, 0.2) is 0 Å². The Hall–Kier alpha value is -0.860. The SMILES string of the molecule is Cc1cc(C)c2sc(CN)c(CC(C)C)c2c1. The number of thiophene rings is 1. The Morgan fingerprint density at radius 2 is 1.94 bits per heavy atom. The standard InChI is InChI=1S/C15H21NS/c1-9(2)5-12-13-7-10(3)6-11(4)15(13)17-14(12)8-16/h6-7,9H,5,8,16H2,1-4H3. The fraction of sp³-hybridized carbons (Fsp3) is 0.467. The monoisotopic (exact) mass is 247 g/mol. The Morgan fingerprint density at radius 1 is 1.24 bits per heavy atom. The van der Waals surface area contributed by atoms with E-state index in [9.17, 15) is 0 Å².